The van der Waals surface area contributed by atoms with Crippen LogP contribution in [0, 0.1) is 28.6 Å². The molecule has 4 fully saturated rings. The minimum absolute atomic E-state index is 0.116. The van der Waals surface area contributed by atoms with Gasteiger partial charge in [0.1, 0.15) is 0 Å². The van der Waals surface area contributed by atoms with E-state index in [4.69, 9.17) is 0 Å². The van der Waals surface area contributed by atoms with E-state index in [0.29, 0.717) is 18.4 Å². The molecular weight excluding hydrogens is 310 g/mol. The summed E-state index contributed by atoms with van der Waals surface area (Å²) in [6.45, 7) is 7.09. The summed E-state index contributed by atoms with van der Waals surface area (Å²) in [7, 11) is 0. The van der Waals surface area contributed by atoms with E-state index in [0.717, 1.165) is 43.9 Å². The Morgan fingerprint density at radius 1 is 1.08 bits per heavy atom. The zero-order valence-electron chi connectivity index (χ0n) is 16.4. The number of aliphatic hydroxyl groups is 1. The Morgan fingerprint density at radius 2 is 1.84 bits per heavy atom. The van der Waals surface area contributed by atoms with E-state index in [-0.39, 0.29) is 16.7 Å². The van der Waals surface area contributed by atoms with Gasteiger partial charge in [0.05, 0.1) is 5.60 Å². The second-order valence-electron chi connectivity index (χ2n) is 10.2. The first kappa shape index (κ1) is 17.8. The van der Waals surface area contributed by atoms with E-state index in [9.17, 15) is 9.90 Å². The van der Waals surface area contributed by atoms with Crippen molar-refractivity contribution >= 4 is 5.91 Å². The van der Waals surface area contributed by atoms with Crippen molar-refractivity contribution < 1.29 is 9.90 Å². The Balaban J connectivity index is 1.59. The van der Waals surface area contributed by atoms with Gasteiger partial charge < -0.3 is 10.4 Å². The van der Waals surface area contributed by atoms with Crippen molar-refractivity contribution in [2.45, 2.75) is 103 Å². The Bertz CT molecular complexity index is 548. The number of carbonyl (C=O) groups excluding carboxylic acids is 1. The van der Waals surface area contributed by atoms with Crippen LogP contribution in [0.2, 0.25) is 0 Å². The van der Waals surface area contributed by atoms with Gasteiger partial charge in [-0.05, 0) is 80.0 Å². The molecule has 1 heterocycles. The average molecular weight is 348 g/mol. The largest absolute Gasteiger partial charge is 0.389 e. The van der Waals surface area contributed by atoms with Crippen molar-refractivity contribution in [1.29, 1.82) is 0 Å². The molecule has 3 nitrogen and oxygen atoms in total. The second-order valence-corrected chi connectivity index (χ2v) is 10.2. The zero-order chi connectivity index (χ0) is 17.9. The molecule has 1 aliphatic heterocycles. The normalized spacial score (nSPS) is 52.1. The van der Waals surface area contributed by atoms with Crippen molar-refractivity contribution in [1.82, 2.24) is 5.32 Å². The molecule has 3 saturated carbocycles. The molecule has 1 saturated heterocycles. The van der Waals surface area contributed by atoms with E-state index >= 15 is 0 Å². The third kappa shape index (κ3) is 2.44. The standard InChI is InChI=1S/C22H37NO2/c1-4-5-11-22(25)14-9-17-15-6-7-18-20(2,12-10-19(24)23-18)16(15)8-13-21(17,22)3/h15-18,25H,4-14H2,1-3H3,(H,23,24)/t15-,16+,17+,18-,20-,21+,22+/m1/s1. The fourth-order valence-corrected chi connectivity index (χ4v) is 7.69. The summed E-state index contributed by atoms with van der Waals surface area (Å²) < 4.78 is 0. The Labute approximate surface area is 153 Å². The number of rotatable bonds is 3. The molecule has 0 bridgehead atoms. The molecular formula is C22H37NO2. The molecule has 0 unspecified atom stereocenters. The molecule has 2 N–H and O–H groups in total. The monoisotopic (exact) mass is 347 g/mol. The Morgan fingerprint density at radius 3 is 2.60 bits per heavy atom. The third-order valence-electron chi connectivity index (χ3n) is 9.36. The highest BCUT2D eigenvalue weighted by Gasteiger charge is 2.64. The number of unbranched alkanes of at least 4 members (excludes halogenated alkanes) is 1. The molecule has 0 spiro atoms. The minimum Gasteiger partial charge on any atom is -0.389 e. The van der Waals surface area contributed by atoms with E-state index in [2.05, 4.69) is 26.1 Å². The van der Waals surface area contributed by atoms with Gasteiger partial charge in [-0.2, -0.15) is 0 Å². The lowest BCUT2D eigenvalue weighted by Crippen LogP contribution is -2.62. The van der Waals surface area contributed by atoms with Crippen LogP contribution in [0.3, 0.4) is 0 Å². The molecule has 25 heavy (non-hydrogen) atoms. The van der Waals surface area contributed by atoms with Crippen LogP contribution in [0.15, 0.2) is 0 Å². The van der Waals surface area contributed by atoms with Crippen LogP contribution in [0.25, 0.3) is 0 Å². The fraction of sp³-hybridized carbons (Fsp3) is 0.955. The number of fused-ring (bicyclic) bond motifs is 5. The van der Waals surface area contributed by atoms with Crippen molar-refractivity contribution in [2.24, 2.45) is 28.6 Å². The van der Waals surface area contributed by atoms with Crippen LogP contribution in [-0.2, 0) is 4.79 Å². The summed E-state index contributed by atoms with van der Waals surface area (Å²) in [4.78, 5) is 11.9. The predicted octanol–water partition coefficient (Wildman–Crippen LogP) is 4.43. The second kappa shape index (κ2) is 5.97. The smallest absolute Gasteiger partial charge is 0.220 e. The molecule has 4 rings (SSSR count). The summed E-state index contributed by atoms with van der Waals surface area (Å²) in [6, 6.07) is 0.389. The number of hydrogen-bond donors (Lipinski definition) is 2. The van der Waals surface area contributed by atoms with Gasteiger partial charge in [-0.15, -0.1) is 0 Å². The van der Waals surface area contributed by atoms with Gasteiger partial charge >= 0.3 is 0 Å². The number of piperidine rings is 1. The SMILES string of the molecule is CCCC[C@]1(O)CC[C@H]2[C@@H]3CC[C@H]4NC(=O)CC[C@]4(C)[C@H]3CC[C@@]21C. The lowest BCUT2D eigenvalue weighted by molar-refractivity contribution is -0.153. The van der Waals surface area contributed by atoms with Crippen molar-refractivity contribution in [3.8, 4) is 0 Å². The third-order valence-corrected chi connectivity index (χ3v) is 9.36. The number of amides is 1. The molecule has 3 heteroatoms. The number of nitrogens with one attached hydrogen (secondary N) is 1. The van der Waals surface area contributed by atoms with Crippen molar-refractivity contribution in [3.63, 3.8) is 0 Å². The molecule has 0 aromatic rings. The molecule has 7 atom stereocenters. The lowest BCUT2D eigenvalue weighted by Gasteiger charge is -2.61. The highest BCUT2D eigenvalue weighted by molar-refractivity contribution is 5.77. The summed E-state index contributed by atoms with van der Waals surface area (Å²) in [6.07, 6.45) is 12.1. The van der Waals surface area contributed by atoms with Crippen LogP contribution < -0.4 is 5.32 Å². The van der Waals surface area contributed by atoms with Crippen LogP contribution in [0.1, 0.15) is 91.4 Å². The Kier molecular flexibility index (Phi) is 4.26. The summed E-state index contributed by atoms with van der Waals surface area (Å²) in [5.41, 5.74) is -0.0378. The molecule has 0 radical (unpaired) electrons. The summed E-state index contributed by atoms with van der Waals surface area (Å²) >= 11 is 0. The van der Waals surface area contributed by atoms with Gasteiger partial charge in [-0.1, -0.05) is 33.6 Å². The van der Waals surface area contributed by atoms with Crippen molar-refractivity contribution in [2.75, 3.05) is 0 Å². The van der Waals surface area contributed by atoms with Gasteiger partial charge in [0, 0.05) is 12.5 Å². The minimum atomic E-state index is -0.433. The predicted molar refractivity (Wildman–Crippen MR) is 100 cm³/mol. The van der Waals surface area contributed by atoms with E-state index in [1.165, 1.54) is 32.1 Å². The first-order valence-electron chi connectivity index (χ1n) is 10.9. The summed E-state index contributed by atoms with van der Waals surface area (Å²) in [5.74, 6) is 2.43. The van der Waals surface area contributed by atoms with Gasteiger partial charge in [0.2, 0.25) is 5.91 Å². The molecule has 3 aliphatic carbocycles. The lowest BCUT2D eigenvalue weighted by atomic mass is 9.46. The molecule has 142 valence electrons. The molecule has 0 aromatic heterocycles. The van der Waals surface area contributed by atoms with Crippen LogP contribution >= 0.6 is 0 Å². The average Bonchev–Trinajstić information content (AvgIpc) is 2.85. The van der Waals surface area contributed by atoms with Gasteiger partial charge in [0.25, 0.3) is 0 Å². The fourth-order valence-electron chi connectivity index (χ4n) is 7.69. The van der Waals surface area contributed by atoms with E-state index < -0.39 is 5.60 Å². The number of carbonyl (C=O) groups is 1. The van der Waals surface area contributed by atoms with Gasteiger partial charge in [-0.25, -0.2) is 0 Å². The van der Waals surface area contributed by atoms with Gasteiger partial charge in [0.15, 0.2) is 0 Å². The summed E-state index contributed by atoms with van der Waals surface area (Å²) in [5, 5.41) is 14.9. The maximum Gasteiger partial charge on any atom is 0.220 e. The highest BCUT2D eigenvalue weighted by Crippen LogP contribution is 2.67. The van der Waals surface area contributed by atoms with Crippen LogP contribution in [-0.4, -0.2) is 22.7 Å². The van der Waals surface area contributed by atoms with Crippen LogP contribution in [0.4, 0.5) is 0 Å². The number of hydrogen-bond acceptors (Lipinski definition) is 2. The maximum atomic E-state index is 11.9. The molecule has 1 amide bonds. The van der Waals surface area contributed by atoms with Crippen molar-refractivity contribution in [3.05, 3.63) is 0 Å². The van der Waals surface area contributed by atoms with E-state index in [1.807, 2.05) is 0 Å². The first-order chi connectivity index (χ1) is 11.8. The first-order valence-corrected chi connectivity index (χ1v) is 10.9. The Hall–Kier alpha value is -0.570. The van der Waals surface area contributed by atoms with Gasteiger partial charge in [-0.3, -0.25) is 4.79 Å². The highest BCUT2D eigenvalue weighted by atomic mass is 16.3. The zero-order valence-corrected chi connectivity index (χ0v) is 16.4. The molecule has 4 aliphatic rings. The topological polar surface area (TPSA) is 49.3 Å². The maximum absolute atomic E-state index is 11.9. The quantitative estimate of drug-likeness (QED) is 0.793. The van der Waals surface area contributed by atoms with Crippen LogP contribution in [0.5, 0.6) is 0 Å². The van der Waals surface area contributed by atoms with E-state index in [1.54, 1.807) is 0 Å². The molecule has 0 aromatic carbocycles.